The van der Waals surface area contributed by atoms with Crippen LogP contribution in [0.25, 0.3) is 11.3 Å². The second-order valence-electron chi connectivity index (χ2n) is 10.5. The van der Waals surface area contributed by atoms with Crippen LogP contribution in [-0.4, -0.2) is 22.2 Å². The second-order valence-corrected chi connectivity index (χ2v) is 11.3. The average molecular weight is 490 g/mol. The molecule has 0 saturated heterocycles. The maximum Gasteiger partial charge on any atom is 0.335 e. The summed E-state index contributed by atoms with van der Waals surface area (Å²) in [5.74, 6) is 1.84. The molecule has 0 amide bonds. The van der Waals surface area contributed by atoms with Gasteiger partial charge >= 0.3 is 5.97 Å². The molecule has 2 aromatic carbocycles. The smallest absolute Gasteiger partial charge is 0.335 e. The highest BCUT2D eigenvalue weighted by Gasteiger charge is 2.29. The fourth-order valence-corrected chi connectivity index (χ4v) is 6.76. The predicted molar refractivity (Wildman–Crippen MR) is 141 cm³/mol. The Morgan fingerprint density at radius 3 is 2.51 bits per heavy atom. The monoisotopic (exact) mass is 489 g/mol. The molecule has 1 aromatic heterocycles. The van der Waals surface area contributed by atoms with E-state index in [0.29, 0.717) is 23.5 Å². The Balaban J connectivity index is 1.31. The molecule has 5 rings (SSSR count). The van der Waals surface area contributed by atoms with Crippen LogP contribution in [0.2, 0.25) is 0 Å². The lowest BCUT2D eigenvalue weighted by atomic mass is 9.85. The highest BCUT2D eigenvalue weighted by Crippen LogP contribution is 2.41. The topological polar surface area (TPSA) is 59.4 Å². The van der Waals surface area contributed by atoms with Crippen molar-refractivity contribution in [1.29, 1.82) is 0 Å². The number of hydrogen-bond acceptors (Lipinski definition) is 4. The van der Waals surface area contributed by atoms with Crippen molar-refractivity contribution < 1.29 is 14.6 Å². The van der Waals surface area contributed by atoms with Crippen molar-refractivity contribution in [3.63, 3.8) is 0 Å². The Morgan fingerprint density at radius 1 is 1.06 bits per heavy atom. The molecule has 2 aliphatic rings. The number of benzene rings is 2. The minimum atomic E-state index is -0.869. The highest BCUT2D eigenvalue weighted by atomic mass is 32.1. The Kier molecular flexibility index (Phi) is 7.52. The van der Waals surface area contributed by atoms with Crippen molar-refractivity contribution in [2.24, 2.45) is 11.8 Å². The number of aromatic nitrogens is 1. The summed E-state index contributed by atoms with van der Waals surface area (Å²) in [7, 11) is 0. The number of carboxylic acid groups (broad SMARTS) is 1. The van der Waals surface area contributed by atoms with E-state index in [0.717, 1.165) is 47.8 Å². The van der Waals surface area contributed by atoms with Crippen molar-refractivity contribution in [2.75, 3.05) is 0 Å². The van der Waals surface area contributed by atoms with Crippen molar-refractivity contribution >= 4 is 17.3 Å². The molecule has 0 bridgehead atoms. The Bertz CT molecular complexity index is 1120. The predicted octanol–water partition coefficient (Wildman–Crippen LogP) is 7.98. The van der Waals surface area contributed by atoms with E-state index >= 15 is 0 Å². The largest absolute Gasteiger partial charge is 0.490 e. The number of rotatable bonds is 8. The summed E-state index contributed by atoms with van der Waals surface area (Å²) in [4.78, 5) is 16.5. The lowest BCUT2D eigenvalue weighted by molar-refractivity contribution is 0.0696. The third kappa shape index (κ3) is 5.95. The summed E-state index contributed by atoms with van der Waals surface area (Å²) in [6.07, 6.45) is 11.0. The van der Waals surface area contributed by atoms with Gasteiger partial charge in [0.1, 0.15) is 5.75 Å². The van der Waals surface area contributed by atoms with Crippen molar-refractivity contribution in [1.82, 2.24) is 4.98 Å². The van der Waals surface area contributed by atoms with Crippen LogP contribution >= 0.6 is 11.3 Å². The molecule has 5 heteroatoms. The fraction of sp³-hybridized carbons (Fsp3) is 0.467. The van der Waals surface area contributed by atoms with Gasteiger partial charge in [0, 0.05) is 16.9 Å². The third-order valence-electron chi connectivity index (χ3n) is 7.85. The first-order valence-electron chi connectivity index (χ1n) is 13.1. The molecular formula is C30H35NO3S. The van der Waals surface area contributed by atoms with E-state index in [1.165, 1.54) is 43.5 Å². The molecule has 0 spiro atoms. The van der Waals surface area contributed by atoms with Crippen LogP contribution in [0.15, 0.2) is 53.9 Å². The average Bonchev–Trinajstić information content (AvgIpc) is 3.58. The van der Waals surface area contributed by atoms with Gasteiger partial charge in [-0.05, 0) is 98.7 Å². The van der Waals surface area contributed by atoms with Crippen molar-refractivity contribution in [2.45, 2.75) is 76.7 Å². The first kappa shape index (κ1) is 24.1. The SMILES string of the molecule is C[C@H]1CC[C@H](Oc2ccc(-c3csc(C(Cc4cccc(C(=O)O)c4)C4CCCC4)n3)cc2)CC1. The van der Waals surface area contributed by atoms with Gasteiger partial charge in [0.25, 0.3) is 0 Å². The van der Waals surface area contributed by atoms with E-state index in [4.69, 9.17) is 9.72 Å². The molecule has 184 valence electrons. The molecule has 3 aromatic rings. The molecule has 2 saturated carbocycles. The van der Waals surface area contributed by atoms with Gasteiger partial charge in [-0.2, -0.15) is 0 Å². The summed E-state index contributed by atoms with van der Waals surface area (Å²) >= 11 is 1.74. The number of hydrogen-bond donors (Lipinski definition) is 1. The highest BCUT2D eigenvalue weighted by molar-refractivity contribution is 7.10. The van der Waals surface area contributed by atoms with Crippen LogP contribution in [0.1, 0.15) is 85.1 Å². The molecule has 0 aliphatic heterocycles. The lowest BCUT2D eigenvalue weighted by Gasteiger charge is -2.26. The number of carbonyl (C=O) groups is 1. The third-order valence-corrected chi connectivity index (χ3v) is 8.83. The number of nitrogens with zero attached hydrogens (tertiary/aromatic N) is 1. The van der Waals surface area contributed by atoms with Gasteiger partial charge in [0.15, 0.2) is 0 Å². The molecule has 1 unspecified atom stereocenters. The maximum atomic E-state index is 11.5. The van der Waals surface area contributed by atoms with Crippen LogP contribution in [0.4, 0.5) is 0 Å². The molecule has 2 aliphatic carbocycles. The van der Waals surface area contributed by atoms with Crippen molar-refractivity contribution in [3.8, 4) is 17.0 Å². The van der Waals surface area contributed by atoms with E-state index in [9.17, 15) is 9.90 Å². The van der Waals surface area contributed by atoms with Gasteiger partial charge in [-0.25, -0.2) is 9.78 Å². The van der Waals surface area contributed by atoms with Gasteiger partial charge in [-0.3, -0.25) is 0 Å². The minimum Gasteiger partial charge on any atom is -0.490 e. The zero-order chi connectivity index (χ0) is 24.2. The molecule has 1 heterocycles. The van der Waals surface area contributed by atoms with Crippen molar-refractivity contribution in [3.05, 3.63) is 70.0 Å². The number of ether oxygens (including phenoxy) is 1. The summed E-state index contributed by atoms with van der Waals surface area (Å²) < 4.78 is 6.24. The molecule has 1 N–H and O–H groups in total. The van der Waals surface area contributed by atoms with E-state index in [1.807, 2.05) is 12.1 Å². The first-order chi connectivity index (χ1) is 17.0. The van der Waals surface area contributed by atoms with Gasteiger partial charge < -0.3 is 9.84 Å². The van der Waals surface area contributed by atoms with E-state index in [1.54, 1.807) is 17.4 Å². The first-order valence-corrected chi connectivity index (χ1v) is 14.0. The van der Waals surface area contributed by atoms with Gasteiger partial charge in [-0.1, -0.05) is 31.9 Å². The number of carboxylic acids is 1. The molecular weight excluding hydrogens is 454 g/mol. The van der Waals surface area contributed by atoms with Crippen LogP contribution in [-0.2, 0) is 6.42 Å². The Labute approximate surface area is 212 Å². The molecule has 2 fully saturated rings. The summed E-state index contributed by atoms with van der Waals surface area (Å²) in [5.41, 5.74) is 3.58. The van der Waals surface area contributed by atoms with Gasteiger partial charge in [0.05, 0.1) is 22.4 Å². The van der Waals surface area contributed by atoms with Crippen LogP contribution in [0, 0.1) is 11.8 Å². The van der Waals surface area contributed by atoms with Crippen LogP contribution < -0.4 is 4.74 Å². The van der Waals surface area contributed by atoms with E-state index < -0.39 is 5.97 Å². The number of aromatic carboxylic acids is 1. The van der Waals surface area contributed by atoms with Crippen LogP contribution in [0.5, 0.6) is 5.75 Å². The molecule has 4 nitrogen and oxygen atoms in total. The summed E-state index contributed by atoms with van der Waals surface area (Å²) in [6, 6.07) is 15.8. The maximum absolute atomic E-state index is 11.5. The lowest BCUT2D eigenvalue weighted by Crippen LogP contribution is -2.22. The number of thiazole rings is 1. The normalized spacial score (nSPS) is 21.6. The van der Waals surface area contributed by atoms with E-state index in [-0.39, 0.29) is 0 Å². The summed E-state index contributed by atoms with van der Waals surface area (Å²) in [6.45, 7) is 2.33. The Hall–Kier alpha value is -2.66. The standard InChI is InChI=1S/C30H35NO3S/c1-20-9-13-25(14-10-20)34-26-15-11-23(12-16-26)28-19-35-29(31-28)27(22-6-2-3-7-22)18-21-5-4-8-24(17-21)30(32)33/h4-5,8,11-12,15-17,19-20,22,25,27H,2-3,6-7,9-10,13-14,18H2,1H3,(H,32,33)/t20-,25-,27?. The molecule has 1 atom stereocenters. The van der Waals surface area contributed by atoms with Crippen LogP contribution in [0.3, 0.4) is 0 Å². The zero-order valence-corrected chi connectivity index (χ0v) is 21.3. The summed E-state index contributed by atoms with van der Waals surface area (Å²) in [5, 5.41) is 12.7. The quantitative estimate of drug-likeness (QED) is 0.348. The fourth-order valence-electron chi connectivity index (χ4n) is 5.74. The zero-order valence-electron chi connectivity index (χ0n) is 20.5. The van der Waals surface area contributed by atoms with Gasteiger partial charge in [0.2, 0.25) is 0 Å². The minimum absolute atomic E-state index is 0.330. The van der Waals surface area contributed by atoms with E-state index in [2.05, 4.69) is 42.6 Å². The Morgan fingerprint density at radius 2 is 1.80 bits per heavy atom. The molecule has 0 radical (unpaired) electrons. The second kappa shape index (κ2) is 10.9. The van der Waals surface area contributed by atoms with Gasteiger partial charge in [-0.15, -0.1) is 11.3 Å². The molecule has 35 heavy (non-hydrogen) atoms.